The SMILES string of the molecule is Cc1noc(C)c1CN1CC[C@H]2O[C@H](COCC(C)C)CC[C@H]21. The van der Waals surface area contributed by atoms with Crippen LogP contribution in [-0.2, 0) is 16.0 Å². The van der Waals surface area contributed by atoms with Gasteiger partial charge in [0.1, 0.15) is 5.76 Å². The van der Waals surface area contributed by atoms with Crippen molar-refractivity contribution in [2.45, 2.75) is 71.8 Å². The van der Waals surface area contributed by atoms with Gasteiger partial charge < -0.3 is 14.0 Å². The first-order chi connectivity index (χ1) is 11.0. The van der Waals surface area contributed by atoms with Gasteiger partial charge in [-0.3, -0.25) is 4.90 Å². The Balaban J connectivity index is 1.51. The molecule has 3 atom stereocenters. The van der Waals surface area contributed by atoms with Gasteiger partial charge in [-0.05, 0) is 39.0 Å². The molecule has 0 unspecified atom stereocenters. The Bertz CT molecular complexity index is 495. The topological polar surface area (TPSA) is 47.7 Å². The summed E-state index contributed by atoms with van der Waals surface area (Å²) in [5.41, 5.74) is 2.26. The van der Waals surface area contributed by atoms with Gasteiger partial charge in [-0.25, -0.2) is 0 Å². The smallest absolute Gasteiger partial charge is 0.138 e. The van der Waals surface area contributed by atoms with Gasteiger partial charge in [0.05, 0.1) is 24.5 Å². The van der Waals surface area contributed by atoms with E-state index in [1.54, 1.807) is 0 Å². The lowest BCUT2D eigenvalue weighted by Crippen LogP contribution is -2.43. The van der Waals surface area contributed by atoms with Crippen LogP contribution in [0.1, 0.15) is 50.1 Å². The van der Waals surface area contributed by atoms with Crippen molar-refractivity contribution in [2.24, 2.45) is 5.92 Å². The van der Waals surface area contributed by atoms with E-state index in [1.807, 2.05) is 13.8 Å². The number of aryl methyl sites for hydroxylation is 2. The van der Waals surface area contributed by atoms with Crippen LogP contribution in [0.25, 0.3) is 0 Å². The van der Waals surface area contributed by atoms with Crippen molar-refractivity contribution in [1.82, 2.24) is 10.1 Å². The summed E-state index contributed by atoms with van der Waals surface area (Å²) in [6.45, 7) is 12.0. The molecule has 0 spiro atoms. The Labute approximate surface area is 139 Å². The summed E-state index contributed by atoms with van der Waals surface area (Å²) < 4.78 is 17.4. The highest BCUT2D eigenvalue weighted by molar-refractivity contribution is 5.21. The van der Waals surface area contributed by atoms with Crippen LogP contribution in [0.2, 0.25) is 0 Å². The number of nitrogens with zero attached hydrogens (tertiary/aromatic N) is 2. The summed E-state index contributed by atoms with van der Waals surface area (Å²) in [5, 5.41) is 4.07. The maximum absolute atomic E-state index is 6.30. The number of ether oxygens (including phenoxy) is 2. The van der Waals surface area contributed by atoms with Crippen molar-refractivity contribution in [2.75, 3.05) is 19.8 Å². The van der Waals surface area contributed by atoms with Crippen LogP contribution in [0.15, 0.2) is 4.52 Å². The van der Waals surface area contributed by atoms with Crippen LogP contribution in [-0.4, -0.2) is 48.1 Å². The van der Waals surface area contributed by atoms with Crippen molar-refractivity contribution in [3.05, 3.63) is 17.0 Å². The second kappa shape index (κ2) is 7.32. The first-order valence-corrected chi connectivity index (χ1v) is 8.93. The predicted molar refractivity (Wildman–Crippen MR) is 88.3 cm³/mol. The summed E-state index contributed by atoms with van der Waals surface area (Å²) in [6, 6.07) is 0.532. The van der Waals surface area contributed by atoms with Gasteiger partial charge in [-0.2, -0.15) is 0 Å². The lowest BCUT2D eigenvalue weighted by molar-refractivity contribution is -0.102. The fourth-order valence-electron chi connectivity index (χ4n) is 3.77. The third-order valence-corrected chi connectivity index (χ3v) is 5.05. The summed E-state index contributed by atoms with van der Waals surface area (Å²) in [6.07, 6.45) is 4.04. The number of hydrogen-bond donors (Lipinski definition) is 0. The minimum atomic E-state index is 0.272. The van der Waals surface area contributed by atoms with E-state index in [1.165, 1.54) is 12.0 Å². The van der Waals surface area contributed by atoms with Gasteiger partial charge in [-0.1, -0.05) is 19.0 Å². The molecule has 1 aromatic heterocycles. The largest absolute Gasteiger partial charge is 0.378 e. The molecule has 2 saturated heterocycles. The molecule has 130 valence electrons. The Morgan fingerprint density at radius 1 is 1.26 bits per heavy atom. The second-order valence-electron chi connectivity index (χ2n) is 7.43. The Morgan fingerprint density at radius 2 is 2.09 bits per heavy atom. The monoisotopic (exact) mass is 322 g/mol. The Morgan fingerprint density at radius 3 is 2.78 bits per heavy atom. The van der Waals surface area contributed by atoms with E-state index in [0.717, 1.165) is 50.6 Å². The molecule has 0 bridgehead atoms. The average Bonchev–Trinajstić information content (AvgIpc) is 3.05. The maximum Gasteiger partial charge on any atom is 0.138 e. The molecule has 3 heterocycles. The summed E-state index contributed by atoms with van der Waals surface area (Å²) in [4.78, 5) is 2.54. The van der Waals surface area contributed by atoms with Crippen LogP contribution in [0, 0.1) is 19.8 Å². The number of hydrogen-bond acceptors (Lipinski definition) is 5. The first-order valence-electron chi connectivity index (χ1n) is 8.93. The second-order valence-corrected chi connectivity index (χ2v) is 7.43. The van der Waals surface area contributed by atoms with E-state index in [0.29, 0.717) is 18.1 Å². The molecule has 5 nitrogen and oxygen atoms in total. The van der Waals surface area contributed by atoms with E-state index in [9.17, 15) is 0 Å². The molecule has 0 aromatic carbocycles. The third-order valence-electron chi connectivity index (χ3n) is 5.05. The van der Waals surface area contributed by atoms with Crippen molar-refractivity contribution < 1.29 is 14.0 Å². The van der Waals surface area contributed by atoms with E-state index < -0.39 is 0 Å². The Hall–Kier alpha value is -0.910. The molecule has 5 heteroatoms. The minimum absolute atomic E-state index is 0.272. The summed E-state index contributed by atoms with van der Waals surface area (Å²) in [5.74, 6) is 1.53. The minimum Gasteiger partial charge on any atom is -0.378 e. The average molecular weight is 322 g/mol. The number of aromatic nitrogens is 1. The fraction of sp³-hybridized carbons (Fsp3) is 0.833. The summed E-state index contributed by atoms with van der Waals surface area (Å²) in [7, 11) is 0. The van der Waals surface area contributed by atoms with Crippen LogP contribution in [0.4, 0.5) is 0 Å². The van der Waals surface area contributed by atoms with Gasteiger partial charge >= 0.3 is 0 Å². The standard InChI is InChI=1S/C18H30N2O3/c1-12(2)10-21-11-15-5-6-17-18(22-15)7-8-20(17)9-16-13(3)19-23-14(16)4/h12,15,17-18H,5-11H2,1-4H3/t15-,17+,18+/m0/s1. The van der Waals surface area contributed by atoms with Gasteiger partial charge in [0.25, 0.3) is 0 Å². The van der Waals surface area contributed by atoms with E-state index in [2.05, 4.69) is 23.9 Å². The van der Waals surface area contributed by atoms with Crippen molar-refractivity contribution >= 4 is 0 Å². The number of likely N-dealkylation sites (tertiary alicyclic amines) is 1. The van der Waals surface area contributed by atoms with E-state index in [-0.39, 0.29) is 6.10 Å². The van der Waals surface area contributed by atoms with E-state index >= 15 is 0 Å². The van der Waals surface area contributed by atoms with Gasteiger partial charge in [0.2, 0.25) is 0 Å². The van der Waals surface area contributed by atoms with Crippen LogP contribution in [0.3, 0.4) is 0 Å². The molecule has 2 fully saturated rings. The molecule has 0 amide bonds. The highest BCUT2D eigenvalue weighted by atomic mass is 16.5. The molecule has 2 aliphatic heterocycles. The lowest BCUT2D eigenvalue weighted by Gasteiger charge is -2.36. The van der Waals surface area contributed by atoms with Crippen molar-refractivity contribution in [1.29, 1.82) is 0 Å². The third kappa shape index (κ3) is 3.95. The molecule has 0 N–H and O–H groups in total. The quantitative estimate of drug-likeness (QED) is 0.805. The molecule has 0 radical (unpaired) electrons. The van der Waals surface area contributed by atoms with Crippen LogP contribution >= 0.6 is 0 Å². The summed E-state index contributed by atoms with van der Waals surface area (Å²) >= 11 is 0. The first kappa shape index (κ1) is 16.9. The molecule has 2 aliphatic rings. The zero-order chi connectivity index (χ0) is 16.4. The fourth-order valence-corrected chi connectivity index (χ4v) is 3.77. The predicted octanol–water partition coefficient (Wildman–Crippen LogP) is 3.09. The zero-order valence-electron chi connectivity index (χ0n) is 14.9. The Kier molecular flexibility index (Phi) is 5.39. The molecular weight excluding hydrogens is 292 g/mol. The van der Waals surface area contributed by atoms with Crippen molar-refractivity contribution in [3.63, 3.8) is 0 Å². The highest BCUT2D eigenvalue weighted by Gasteiger charge is 2.40. The molecule has 0 saturated carbocycles. The molecule has 1 aromatic rings. The van der Waals surface area contributed by atoms with Crippen molar-refractivity contribution in [3.8, 4) is 0 Å². The highest BCUT2D eigenvalue weighted by Crippen LogP contribution is 2.33. The molecule has 23 heavy (non-hydrogen) atoms. The maximum atomic E-state index is 6.30. The molecule has 0 aliphatic carbocycles. The zero-order valence-corrected chi connectivity index (χ0v) is 14.9. The van der Waals surface area contributed by atoms with Crippen LogP contribution < -0.4 is 0 Å². The van der Waals surface area contributed by atoms with Gasteiger partial charge in [-0.15, -0.1) is 0 Å². The van der Waals surface area contributed by atoms with Gasteiger partial charge in [0, 0.05) is 31.3 Å². The molecule has 3 rings (SSSR count). The van der Waals surface area contributed by atoms with E-state index in [4.69, 9.17) is 14.0 Å². The van der Waals surface area contributed by atoms with Crippen LogP contribution in [0.5, 0.6) is 0 Å². The normalized spacial score (nSPS) is 28.5. The van der Waals surface area contributed by atoms with Gasteiger partial charge in [0.15, 0.2) is 0 Å². The number of rotatable bonds is 6. The lowest BCUT2D eigenvalue weighted by atomic mass is 9.99. The molecular formula is C18H30N2O3. The number of fused-ring (bicyclic) bond motifs is 1.